The Morgan fingerprint density at radius 2 is 1.76 bits per heavy atom. The van der Waals surface area contributed by atoms with Crippen LogP contribution in [-0.4, -0.2) is 20.1 Å². The highest BCUT2D eigenvalue weighted by Crippen LogP contribution is 2.24. The Balaban J connectivity index is 2.02. The molecule has 0 spiro atoms. The van der Waals surface area contributed by atoms with Crippen LogP contribution >= 0.6 is 0 Å². The van der Waals surface area contributed by atoms with Crippen LogP contribution in [0.1, 0.15) is 5.56 Å². The number of benzene rings is 2. The summed E-state index contributed by atoms with van der Waals surface area (Å²) in [6.45, 7) is -0.313. The Bertz CT molecular complexity index is 1190. The maximum absolute atomic E-state index is 13.5. The fourth-order valence-corrected chi connectivity index (χ4v) is 2.73. The number of hydrogen-bond acceptors (Lipinski definition) is 4. The minimum Gasteiger partial charge on any atom is -0.392 e. The maximum Gasteiger partial charge on any atom is 0.259 e. The summed E-state index contributed by atoms with van der Waals surface area (Å²) < 4.78 is 26.8. The van der Waals surface area contributed by atoms with Gasteiger partial charge < -0.3 is 10.1 Å². The van der Waals surface area contributed by atoms with E-state index in [0.29, 0.717) is 11.1 Å². The molecule has 0 amide bonds. The molecule has 7 heteroatoms. The molecule has 0 radical (unpaired) electrons. The number of para-hydroxylation sites is 1. The highest BCUT2D eigenvalue weighted by atomic mass is 19.2. The Kier molecular flexibility index (Phi) is 3.51. The first kappa shape index (κ1) is 15.3. The number of fused-ring (bicyclic) bond motifs is 2. The summed E-state index contributed by atoms with van der Waals surface area (Å²) in [4.78, 5) is 23.4. The van der Waals surface area contributed by atoms with Gasteiger partial charge in [0, 0.05) is 17.0 Å². The lowest BCUT2D eigenvalue weighted by Gasteiger charge is -2.09. The average Bonchev–Trinajstić information content (AvgIpc) is 2.62. The van der Waals surface area contributed by atoms with Gasteiger partial charge in [-0.15, -0.1) is 0 Å². The van der Waals surface area contributed by atoms with E-state index in [1.54, 1.807) is 12.1 Å². The molecule has 0 atom stereocenters. The average molecular weight is 339 g/mol. The number of aromatic nitrogens is 3. The van der Waals surface area contributed by atoms with Crippen LogP contribution in [0.15, 0.2) is 47.3 Å². The first-order valence-electron chi connectivity index (χ1n) is 7.46. The molecule has 0 fully saturated rings. The van der Waals surface area contributed by atoms with Crippen molar-refractivity contribution in [1.82, 2.24) is 15.0 Å². The van der Waals surface area contributed by atoms with Crippen LogP contribution in [0.4, 0.5) is 8.78 Å². The van der Waals surface area contributed by atoms with E-state index in [1.165, 1.54) is 0 Å². The Morgan fingerprint density at radius 1 is 1.00 bits per heavy atom. The van der Waals surface area contributed by atoms with E-state index >= 15 is 0 Å². The molecule has 2 N–H and O–H groups in total. The van der Waals surface area contributed by atoms with Crippen molar-refractivity contribution in [3.63, 3.8) is 0 Å². The SMILES string of the molecule is O=c1[nH]c(-c2nc3ccccc3cc2CO)nc2cc(F)c(F)cc12. The third kappa shape index (κ3) is 2.54. The van der Waals surface area contributed by atoms with Crippen LogP contribution < -0.4 is 5.56 Å². The van der Waals surface area contributed by atoms with Gasteiger partial charge in [-0.25, -0.2) is 18.7 Å². The van der Waals surface area contributed by atoms with Gasteiger partial charge in [-0.1, -0.05) is 18.2 Å². The van der Waals surface area contributed by atoms with Crippen molar-refractivity contribution < 1.29 is 13.9 Å². The number of pyridine rings is 1. The highest BCUT2D eigenvalue weighted by molar-refractivity contribution is 5.84. The lowest BCUT2D eigenvalue weighted by atomic mass is 10.1. The third-order valence-corrected chi connectivity index (χ3v) is 3.94. The fraction of sp³-hybridized carbons (Fsp3) is 0.0556. The minimum absolute atomic E-state index is 0.0106. The van der Waals surface area contributed by atoms with E-state index in [4.69, 9.17) is 0 Å². The highest BCUT2D eigenvalue weighted by Gasteiger charge is 2.14. The van der Waals surface area contributed by atoms with Gasteiger partial charge in [0.05, 0.1) is 23.0 Å². The van der Waals surface area contributed by atoms with Crippen molar-refractivity contribution in [1.29, 1.82) is 0 Å². The molecule has 4 aromatic rings. The van der Waals surface area contributed by atoms with Crippen LogP contribution in [-0.2, 0) is 6.61 Å². The predicted octanol–water partition coefficient (Wildman–Crippen LogP) is 2.91. The number of H-pyrrole nitrogens is 1. The molecular formula is C18H11F2N3O2. The number of nitrogens with zero attached hydrogens (tertiary/aromatic N) is 2. The molecule has 2 aromatic carbocycles. The molecule has 2 aromatic heterocycles. The summed E-state index contributed by atoms with van der Waals surface area (Å²) in [7, 11) is 0. The maximum atomic E-state index is 13.5. The summed E-state index contributed by atoms with van der Waals surface area (Å²) in [5.41, 5.74) is 0.797. The second-order valence-electron chi connectivity index (χ2n) is 5.54. The van der Waals surface area contributed by atoms with Gasteiger partial charge in [0.25, 0.3) is 5.56 Å². The number of aliphatic hydroxyl groups excluding tert-OH is 1. The van der Waals surface area contributed by atoms with Gasteiger partial charge in [0.15, 0.2) is 17.5 Å². The molecule has 5 nitrogen and oxygen atoms in total. The van der Waals surface area contributed by atoms with Crippen molar-refractivity contribution in [3.05, 3.63) is 70.0 Å². The summed E-state index contributed by atoms with van der Waals surface area (Å²) in [6, 6.07) is 10.7. The number of nitrogens with one attached hydrogen (secondary N) is 1. The molecule has 124 valence electrons. The molecule has 0 saturated heterocycles. The smallest absolute Gasteiger partial charge is 0.259 e. The Labute approximate surface area is 139 Å². The minimum atomic E-state index is -1.12. The summed E-state index contributed by atoms with van der Waals surface area (Å²) in [6.07, 6.45) is 0. The van der Waals surface area contributed by atoms with E-state index in [0.717, 1.165) is 17.5 Å². The lowest BCUT2D eigenvalue weighted by Crippen LogP contribution is -2.12. The zero-order chi connectivity index (χ0) is 17.6. The normalized spacial score (nSPS) is 11.3. The molecule has 0 aliphatic rings. The largest absolute Gasteiger partial charge is 0.392 e. The molecule has 2 heterocycles. The van der Waals surface area contributed by atoms with Crippen LogP contribution in [0.2, 0.25) is 0 Å². The van der Waals surface area contributed by atoms with Gasteiger partial charge in [0.1, 0.15) is 5.69 Å². The van der Waals surface area contributed by atoms with Gasteiger partial charge in [-0.2, -0.15) is 0 Å². The first-order chi connectivity index (χ1) is 12.1. The van der Waals surface area contributed by atoms with Crippen molar-refractivity contribution in [3.8, 4) is 11.5 Å². The van der Waals surface area contributed by atoms with Gasteiger partial charge in [0.2, 0.25) is 0 Å². The van der Waals surface area contributed by atoms with Crippen molar-refractivity contribution in [2.45, 2.75) is 6.61 Å². The molecule has 0 unspecified atom stereocenters. The molecule has 0 bridgehead atoms. The molecule has 4 rings (SSSR count). The summed E-state index contributed by atoms with van der Waals surface area (Å²) >= 11 is 0. The number of aliphatic hydroxyl groups is 1. The zero-order valence-electron chi connectivity index (χ0n) is 12.8. The van der Waals surface area contributed by atoms with E-state index in [9.17, 15) is 18.7 Å². The van der Waals surface area contributed by atoms with Gasteiger partial charge >= 0.3 is 0 Å². The molecule has 25 heavy (non-hydrogen) atoms. The Hall–Kier alpha value is -3.19. The number of aromatic amines is 1. The van der Waals surface area contributed by atoms with Gasteiger partial charge in [-0.3, -0.25) is 4.79 Å². The van der Waals surface area contributed by atoms with Crippen LogP contribution in [0.3, 0.4) is 0 Å². The lowest BCUT2D eigenvalue weighted by molar-refractivity contribution is 0.282. The third-order valence-electron chi connectivity index (χ3n) is 3.94. The van der Waals surface area contributed by atoms with E-state index in [2.05, 4.69) is 15.0 Å². The standard InChI is InChI=1S/C18H11F2N3O2/c19-12-6-11-15(7-13(12)20)22-17(23-18(11)25)16-10(8-24)5-9-3-1-2-4-14(9)21-16/h1-7,24H,8H2,(H,22,23,25). The number of rotatable bonds is 2. The number of hydrogen-bond donors (Lipinski definition) is 2. The fourth-order valence-electron chi connectivity index (χ4n) is 2.73. The van der Waals surface area contributed by atoms with E-state index in [-0.39, 0.29) is 29.0 Å². The summed E-state index contributed by atoms with van der Waals surface area (Å²) in [5, 5.41) is 10.4. The topological polar surface area (TPSA) is 78.9 Å². The zero-order valence-corrected chi connectivity index (χ0v) is 12.8. The molecule has 0 saturated carbocycles. The van der Waals surface area contributed by atoms with E-state index in [1.807, 2.05) is 18.2 Å². The summed E-state index contributed by atoms with van der Waals surface area (Å²) in [5.74, 6) is -2.13. The number of halogens is 2. The Morgan fingerprint density at radius 3 is 2.56 bits per heavy atom. The second-order valence-corrected chi connectivity index (χ2v) is 5.54. The first-order valence-corrected chi connectivity index (χ1v) is 7.46. The van der Waals surface area contributed by atoms with Crippen LogP contribution in [0, 0.1) is 11.6 Å². The molecular weight excluding hydrogens is 328 g/mol. The van der Waals surface area contributed by atoms with Gasteiger partial charge in [-0.05, 0) is 18.2 Å². The van der Waals surface area contributed by atoms with Crippen molar-refractivity contribution >= 4 is 21.8 Å². The molecule has 0 aliphatic heterocycles. The monoisotopic (exact) mass is 339 g/mol. The predicted molar refractivity (Wildman–Crippen MR) is 88.9 cm³/mol. The quantitative estimate of drug-likeness (QED) is 0.589. The van der Waals surface area contributed by atoms with Crippen molar-refractivity contribution in [2.75, 3.05) is 0 Å². The van der Waals surface area contributed by atoms with Crippen LogP contribution in [0.5, 0.6) is 0 Å². The van der Waals surface area contributed by atoms with E-state index < -0.39 is 17.2 Å². The molecule has 0 aliphatic carbocycles. The van der Waals surface area contributed by atoms with Crippen molar-refractivity contribution in [2.24, 2.45) is 0 Å². The van der Waals surface area contributed by atoms with Crippen LogP contribution in [0.25, 0.3) is 33.3 Å². The second kappa shape index (κ2) is 5.71.